The third kappa shape index (κ3) is 5.98. The number of aromatic nitrogens is 4. The monoisotopic (exact) mass is 485 g/mol. The smallest absolute Gasteiger partial charge is 0.228 e. The van der Waals surface area contributed by atoms with E-state index in [0.29, 0.717) is 12.2 Å². The molecule has 0 aliphatic heterocycles. The summed E-state index contributed by atoms with van der Waals surface area (Å²) in [7, 11) is 0. The van der Waals surface area contributed by atoms with Gasteiger partial charge in [-0.2, -0.15) is 5.21 Å². The summed E-state index contributed by atoms with van der Waals surface area (Å²) in [4.78, 5) is 14.3. The lowest BCUT2D eigenvalue weighted by molar-refractivity contribution is -0.115. The van der Waals surface area contributed by atoms with Gasteiger partial charge in [-0.15, -0.1) is 22.0 Å². The minimum atomic E-state index is -0.0283. The molecule has 0 saturated carbocycles. The number of thioether (sulfide) groups is 1. The first-order chi connectivity index (χ1) is 16.6. The van der Waals surface area contributed by atoms with E-state index < -0.39 is 0 Å². The second-order valence-electron chi connectivity index (χ2n) is 9.81. The second kappa shape index (κ2) is 10.0. The maximum absolute atomic E-state index is 13.2. The minimum Gasteiger partial charge on any atom is -0.325 e. The van der Waals surface area contributed by atoms with Crippen molar-refractivity contribution in [3.8, 4) is 22.5 Å². The average Bonchev–Trinajstić information content (AvgIpc) is 3.31. The summed E-state index contributed by atoms with van der Waals surface area (Å²) < 4.78 is -0.00628. The summed E-state index contributed by atoms with van der Waals surface area (Å²) in [5.41, 5.74) is 8.20. The fraction of sp³-hybridized carbons (Fsp3) is 0.286. The van der Waals surface area contributed by atoms with Gasteiger partial charge in [-0.3, -0.25) is 4.79 Å². The zero-order valence-corrected chi connectivity index (χ0v) is 21.9. The fourth-order valence-corrected chi connectivity index (χ4v) is 5.28. The quantitative estimate of drug-likeness (QED) is 0.303. The van der Waals surface area contributed by atoms with Crippen LogP contribution in [-0.4, -0.2) is 31.3 Å². The van der Waals surface area contributed by atoms with Gasteiger partial charge in [0.1, 0.15) is 0 Å². The number of amides is 1. The highest BCUT2D eigenvalue weighted by Crippen LogP contribution is 2.40. The Bertz CT molecular complexity index is 1330. The number of hydrogen-bond donors (Lipinski definition) is 2. The Morgan fingerprint density at radius 2 is 1.66 bits per heavy atom. The van der Waals surface area contributed by atoms with Crippen LogP contribution in [-0.2, 0) is 11.2 Å². The number of aromatic amines is 1. The highest BCUT2D eigenvalue weighted by atomic mass is 32.2. The molecule has 4 rings (SSSR count). The molecule has 180 valence electrons. The number of anilines is 1. The first kappa shape index (κ1) is 24.7. The van der Waals surface area contributed by atoms with Crippen molar-refractivity contribution in [2.24, 2.45) is 0 Å². The molecule has 0 aliphatic rings. The van der Waals surface area contributed by atoms with Crippen molar-refractivity contribution in [1.82, 2.24) is 20.6 Å². The third-order valence-electron chi connectivity index (χ3n) is 5.67. The molecule has 0 unspecified atom stereocenters. The SMILES string of the molecule is Cc1cc(C)c(CC(=O)Nc2cc(-c3ccccc3-c3nn[nH]n3)ccc2SC(C)(C)C)c(C)c1. The van der Waals surface area contributed by atoms with Gasteiger partial charge in [-0.05, 0) is 65.9 Å². The molecule has 2 N–H and O–H groups in total. The molecule has 0 radical (unpaired) electrons. The number of carbonyl (C=O) groups excluding carboxylic acids is 1. The Labute approximate surface area is 210 Å². The number of carbonyl (C=O) groups is 1. The van der Waals surface area contributed by atoms with Gasteiger partial charge in [0.2, 0.25) is 11.7 Å². The lowest BCUT2D eigenvalue weighted by Crippen LogP contribution is -2.17. The third-order valence-corrected chi connectivity index (χ3v) is 6.86. The van der Waals surface area contributed by atoms with E-state index in [2.05, 4.69) is 91.7 Å². The molecule has 0 bridgehead atoms. The Kier molecular flexibility index (Phi) is 7.08. The normalized spacial score (nSPS) is 11.5. The van der Waals surface area contributed by atoms with Gasteiger partial charge in [0, 0.05) is 15.2 Å². The Morgan fingerprint density at radius 1 is 0.971 bits per heavy atom. The summed E-state index contributed by atoms with van der Waals surface area (Å²) in [6.45, 7) is 12.7. The van der Waals surface area contributed by atoms with E-state index in [1.807, 2.05) is 30.3 Å². The zero-order valence-electron chi connectivity index (χ0n) is 21.1. The van der Waals surface area contributed by atoms with Crippen LogP contribution >= 0.6 is 11.8 Å². The van der Waals surface area contributed by atoms with E-state index in [1.54, 1.807) is 11.8 Å². The molecule has 4 aromatic rings. The van der Waals surface area contributed by atoms with Crippen LogP contribution in [0, 0.1) is 20.8 Å². The first-order valence-corrected chi connectivity index (χ1v) is 12.5. The van der Waals surface area contributed by atoms with Crippen molar-refractivity contribution in [3.63, 3.8) is 0 Å². The van der Waals surface area contributed by atoms with Crippen LogP contribution in [0.1, 0.15) is 43.0 Å². The molecule has 1 aromatic heterocycles. The van der Waals surface area contributed by atoms with Gasteiger partial charge in [-0.25, -0.2) is 0 Å². The average molecular weight is 486 g/mol. The molecule has 6 nitrogen and oxygen atoms in total. The first-order valence-electron chi connectivity index (χ1n) is 11.6. The van der Waals surface area contributed by atoms with Crippen molar-refractivity contribution in [3.05, 3.63) is 76.9 Å². The number of nitrogens with one attached hydrogen (secondary N) is 2. The van der Waals surface area contributed by atoms with Gasteiger partial charge in [0.15, 0.2) is 0 Å². The number of rotatable bonds is 6. The van der Waals surface area contributed by atoms with E-state index in [9.17, 15) is 4.79 Å². The molecule has 0 aliphatic carbocycles. The zero-order chi connectivity index (χ0) is 25.2. The van der Waals surface area contributed by atoms with Crippen molar-refractivity contribution in [2.75, 3.05) is 5.32 Å². The van der Waals surface area contributed by atoms with Crippen LogP contribution in [0.2, 0.25) is 0 Å². The number of tetrazole rings is 1. The van der Waals surface area contributed by atoms with Crippen molar-refractivity contribution < 1.29 is 4.79 Å². The van der Waals surface area contributed by atoms with E-state index in [0.717, 1.165) is 44.0 Å². The topological polar surface area (TPSA) is 83.6 Å². The summed E-state index contributed by atoms with van der Waals surface area (Å²) in [6.07, 6.45) is 0.335. The van der Waals surface area contributed by atoms with Gasteiger partial charge in [0.25, 0.3) is 0 Å². The molecular weight excluding hydrogens is 454 g/mol. The van der Waals surface area contributed by atoms with Gasteiger partial charge >= 0.3 is 0 Å². The highest BCUT2D eigenvalue weighted by molar-refractivity contribution is 8.00. The minimum absolute atomic E-state index is 0.00628. The summed E-state index contributed by atoms with van der Waals surface area (Å²) in [5.74, 6) is 0.504. The molecule has 3 aromatic carbocycles. The predicted octanol–water partition coefficient (Wildman–Crippen LogP) is 6.53. The largest absolute Gasteiger partial charge is 0.325 e. The molecule has 35 heavy (non-hydrogen) atoms. The standard InChI is InChI=1S/C28H31N5OS/c1-17-13-18(2)23(19(3)14-17)16-26(34)29-24-15-20(11-12-25(24)35-28(4,5)6)21-9-7-8-10-22(21)27-30-32-33-31-27/h7-15H,16H2,1-6H3,(H,29,34)(H,30,31,32,33). The number of H-pyrrole nitrogens is 1. The maximum Gasteiger partial charge on any atom is 0.228 e. The summed E-state index contributed by atoms with van der Waals surface area (Å²) in [6, 6.07) is 18.4. The van der Waals surface area contributed by atoms with E-state index >= 15 is 0 Å². The van der Waals surface area contributed by atoms with Crippen LogP contribution in [0.4, 0.5) is 5.69 Å². The Morgan fingerprint density at radius 3 is 2.29 bits per heavy atom. The van der Waals surface area contributed by atoms with Gasteiger partial charge in [0.05, 0.1) is 12.1 Å². The van der Waals surface area contributed by atoms with E-state index in [1.165, 1.54) is 5.56 Å². The molecule has 0 atom stereocenters. The van der Waals surface area contributed by atoms with Gasteiger partial charge < -0.3 is 5.32 Å². The molecule has 0 saturated heterocycles. The van der Waals surface area contributed by atoms with Crippen LogP contribution < -0.4 is 5.32 Å². The van der Waals surface area contributed by atoms with Crippen LogP contribution in [0.3, 0.4) is 0 Å². The molecule has 1 amide bonds. The molecule has 1 heterocycles. The molecule has 0 fully saturated rings. The molecular formula is C28H31N5OS. The van der Waals surface area contributed by atoms with Crippen LogP contribution in [0.5, 0.6) is 0 Å². The highest BCUT2D eigenvalue weighted by Gasteiger charge is 2.19. The molecule has 0 spiro atoms. The maximum atomic E-state index is 13.2. The number of hydrogen-bond acceptors (Lipinski definition) is 5. The van der Waals surface area contributed by atoms with Gasteiger partial charge in [-0.1, -0.05) is 68.8 Å². The fourth-order valence-electron chi connectivity index (χ4n) is 4.26. The van der Waals surface area contributed by atoms with E-state index in [4.69, 9.17) is 0 Å². The Balaban J connectivity index is 1.70. The second-order valence-corrected chi connectivity index (χ2v) is 11.7. The lowest BCUT2D eigenvalue weighted by atomic mass is 9.97. The van der Waals surface area contributed by atoms with E-state index in [-0.39, 0.29) is 10.7 Å². The van der Waals surface area contributed by atoms with Crippen molar-refractivity contribution >= 4 is 23.4 Å². The van der Waals surface area contributed by atoms with Crippen LogP contribution in [0.15, 0.2) is 59.5 Å². The van der Waals surface area contributed by atoms with Crippen LogP contribution in [0.25, 0.3) is 22.5 Å². The lowest BCUT2D eigenvalue weighted by Gasteiger charge is -2.21. The number of aryl methyl sites for hydroxylation is 3. The predicted molar refractivity (Wildman–Crippen MR) is 144 cm³/mol. The summed E-state index contributed by atoms with van der Waals surface area (Å²) >= 11 is 1.74. The number of benzene rings is 3. The Hall–Kier alpha value is -3.45. The number of nitrogens with zero attached hydrogens (tertiary/aromatic N) is 3. The summed E-state index contributed by atoms with van der Waals surface area (Å²) in [5, 5.41) is 17.8. The van der Waals surface area contributed by atoms with Crippen molar-refractivity contribution in [2.45, 2.75) is 57.6 Å². The molecule has 7 heteroatoms. The van der Waals surface area contributed by atoms with Crippen molar-refractivity contribution in [1.29, 1.82) is 0 Å².